The summed E-state index contributed by atoms with van der Waals surface area (Å²) >= 11 is 0. The molecule has 1 saturated heterocycles. The number of rotatable bonds is 5. The van der Waals surface area contributed by atoms with Crippen LogP contribution in [0.3, 0.4) is 0 Å². The normalized spacial score (nSPS) is 19.7. The van der Waals surface area contributed by atoms with E-state index in [2.05, 4.69) is 23.7 Å². The number of ether oxygens (including phenoxy) is 1. The third kappa shape index (κ3) is 3.56. The minimum absolute atomic E-state index is 0.0194. The van der Waals surface area contributed by atoms with E-state index in [9.17, 15) is 13.2 Å². The molecule has 3 rings (SSSR count). The highest BCUT2D eigenvalue weighted by molar-refractivity contribution is 7.91. The Morgan fingerprint density at radius 2 is 2.17 bits per heavy atom. The number of aromatic nitrogens is 1. The van der Waals surface area contributed by atoms with E-state index in [0.29, 0.717) is 18.2 Å². The van der Waals surface area contributed by atoms with Gasteiger partial charge in [0.05, 0.1) is 17.0 Å². The van der Waals surface area contributed by atoms with E-state index in [-0.39, 0.29) is 30.1 Å². The average Bonchev–Trinajstić information content (AvgIpc) is 3.08. The van der Waals surface area contributed by atoms with Crippen molar-refractivity contribution >= 4 is 26.6 Å². The zero-order valence-electron chi connectivity index (χ0n) is 13.9. The summed E-state index contributed by atoms with van der Waals surface area (Å²) in [7, 11) is -3.00. The molecule has 6 nitrogen and oxygen atoms in total. The van der Waals surface area contributed by atoms with Crippen molar-refractivity contribution in [3.63, 3.8) is 0 Å². The number of benzene rings is 1. The van der Waals surface area contributed by atoms with Gasteiger partial charge in [0.1, 0.15) is 5.75 Å². The molecule has 130 valence electrons. The van der Waals surface area contributed by atoms with Crippen molar-refractivity contribution < 1.29 is 17.9 Å². The monoisotopic (exact) mass is 350 g/mol. The molecule has 1 atom stereocenters. The second kappa shape index (κ2) is 6.47. The summed E-state index contributed by atoms with van der Waals surface area (Å²) in [5.74, 6) is 0.519. The number of carbonyl (C=O) groups excluding carboxylic acids is 1. The molecule has 0 bridgehead atoms. The maximum Gasteiger partial charge on any atom is 0.258 e. The number of hydrogen-bond acceptors (Lipinski definition) is 4. The number of sulfone groups is 1. The molecule has 0 radical (unpaired) electrons. The molecule has 0 saturated carbocycles. The highest BCUT2D eigenvalue weighted by Gasteiger charge is 2.28. The molecule has 2 aromatic rings. The van der Waals surface area contributed by atoms with Gasteiger partial charge in [0.2, 0.25) is 0 Å². The lowest BCUT2D eigenvalue weighted by atomic mass is 10.2. The van der Waals surface area contributed by atoms with Gasteiger partial charge in [-0.1, -0.05) is 6.07 Å². The number of nitrogens with one attached hydrogen (secondary N) is 1. The molecular weight excluding hydrogens is 328 g/mol. The van der Waals surface area contributed by atoms with Crippen molar-refractivity contribution in [1.82, 2.24) is 9.88 Å². The first-order valence-electron chi connectivity index (χ1n) is 8.08. The molecule has 1 aliphatic rings. The molecule has 0 aliphatic carbocycles. The van der Waals surface area contributed by atoms with Crippen LogP contribution in [0.2, 0.25) is 0 Å². The van der Waals surface area contributed by atoms with Gasteiger partial charge in [-0.2, -0.15) is 0 Å². The molecule has 24 heavy (non-hydrogen) atoms. The third-order valence-electron chi connectivity index (χ3n) is 4.24. The Balaban J connectivity index is 1.64. The molecule has 1 aromatic heterocycles. The van der Waals surface area contributed by atoms with Gasteiger partial charge in [-0.25, -0.2) is 8.42 Å². The minimum Gasteiger partial charge on any atom is -0.483 e. The van der Waals surface area contributed by atoms with Crippen molar-refractivity contribution in [2.24, 2.45) is 0 Å². The summed E-state index contributed by atoms with van der Waals surface area (Å²) in [4.78, 5) is 12.0. The van der Waals surface area contributed by atoms with Gasteiger partial charge in [-0.05, 0) is 38.5 Å². The lowest BCUT2D eigenvalue weighted by molar-refractivity contribution is -0.123. The van der Waals surface area contributed by atoms with Crippen LogP contribution >= 0.6 is 0 Å². The topological polar surface area (TPSA) is 77.4 Å². The van der Waals surface area contributed by atoms with Gasteiger partial charge in [-0.15, -0.1) is 0 Å². The predicted molar refractivity (Wildman–Crippen MR) is 93.0 cm³/mol. The molecule has 1 aliphatic heterocycles. The zero-order chi connectivity index (χ0) is 17.3. The Kier molecular flexibility index (Phi) is 4.54. The molecule has 0 unspecified atom stereocenters. The predicted octanol–water partition coefficient (Wildman–Crippen LogP) is 1.90. The van der Waals surface area contributed by atoms with E-state index in [1.165, 1.54) is 0 Å². The Morgan fingerprint density at radius 1 is 1.38 bits per heavy atom. The van der Waals surface area contributed by atoms with Crippen LogP contribution in [0.15, 0.2) is 30.5 Å². The van der Waals surface area contributed by atoms with Crippen LogP contribution in [0.4, 0.5) is 0 Å². The van der Waals surface area contributed by atoms with Crippen LogP contribution in [0.5, 0.6) is 5.75 Å². The smallest absolute Gasteiger partial charge is 0.258 e. The van der Waals surface area contributed by atoms with Gasteiger partial charge in [0, 0.05) is 23.7 Å². The summed E-state index contributed by atoms with van der Waals surface area (Å²) in [6, 6.07) is 7.77. The molecule has 0 spiro atoms. The summed E-state index contributed by atoms with van der Waals surface area (Å²) in [5, 5.41) is 3.69. The van der Waals surface area contributed by atoms with Crippen molar-refractivity contribution in [2.75, 3.05) is 18.1 Å². The summed E-state index contributed by atoms with van der Waals surface area (Å²) in [6.07, 6.45) is 2.48. The van der Waals surface area contributed by atoms with E-state index < -0.39 is 9.84 Å². The lowest BCUT2D eigenvalue weighted by Gasteiger charge is -2.13. The van der Waals surface area contributed by atoms with Gasteiger partial charge in [0.15, 0.2) is 16.4 Å². The van der Waals surface area contributed by atoms with Crippen molar-refractivity contribution in [2.45, 2.75) is 32.4 Å². The van der Waals surface area contributed by atoms with Crippen LogP contribution in [0.1, 0.15) is 26.3 Å². The SMILES string of the molecule is CC(C)n1ccc2c(OCC(=O)N[C@H]3CCS(=O)(=O)C3)cccc21. The maximum absolute atomic E-state index is 12.0. The van der Waals surface area contributed by atoms with Crippen LogP contribution in [0, 0.1) is 0 Å². The second-order valence-electron chi connectivity index (χ2n) is 6.46. The molecule has 1 aromatic carbocycles. The second-order valence-corrected chi connectivity index (χ2v) is 8.69. The Morgan fingerprint density at radius 3 is 2.83 bits per heavy atom. The van der Waals surface area contributed by atoms with E-state index in [1.54, 1.807) is 0 Å². The van der Waals surface area contributed by atoms with Gasteiger partial charge < -0.3 is 14.6 Å². The van der Waals surface area contributed by atoms with Gasteiger partial charge >= 0.3 is 0 Å². The van der Waals surface area contributed by atoms with Gasteiger partial charge in [0.25, 0.3) is 5.91 Å². The maximum atomic E-state index is 12.0. The summed E-state index contributed by atoms with van der Waals surface area (Å²) in [6.45, 7) is 4.09. The van der Waals surface area contributed by atoms with Crippen LogP contribution < -0.4 is 10.1 Å². The summed E-state index contributed by atoms with van der Waals surface area (Å²) < 4.78 is 30.6. The Bertz CT molecular complexity index is 855. The third-order valence-corrected chi connectivity index (χ3v) is 6.00. The van der Waals surface area contributed by atoms with E-state index in [1.807, 2.05) is 30.5 Å². The average molecular weight is 350 g/mol. The van der Waals surface area contributed by atoms with Crippen LogP contribution in [-0.4, -0.2) is 43.0 Å². The van der Waals surface area contributed by atoms with E-state index in [4.69, 9.17) is 4.74 Å². The van der Waals surface area contributed by atoms with Crippen LogP contribution in [0.25, 0.3) is 10.9 Å². The molecule has 1 N–H and O–H groups in total. The van der Waals surface area contributed by atoms with Crippen molar-refractivity contribution in [3.05, 3.63) is 30.5 Å². The molecule has 1 amide bonds. The first-order valence-corrected chi connectivity index (χ1v) is 9.90. The molecule has 2 heterocycles. The zero-order valence-corrected chi connectivity index (χ0v) is 14.7. The van der Waals surface area contributed by atoms with Gasteiger partial charge in [-0.3, -0.25) is 4.79 Å². The number of fused-ring (bicyclic) bond motifs is 1. The molecular formula is C17H22N2O4S. The highest BCUT2D eigenvalue weighted by Crippen LogP contribution is 2.28. The number of nitrogens with zero attached hydrogens (tertiary/aromatic N) is 1. The number of amides is 1. The largest absolute Gasteiger partial charge is 0.483 e. The Labute approximate surface area is 141 Å². The number of hydrogen-bond donors (Lipinski definition) is 1. The fourth-order valence-electron chi connectivity index (χ4n) is 3.06. The van der Waals surface area contributed by atoms with E-state index >= 15 is 0 Å². The summed E-state index contributed by atoms with van der Waals surface area (Å²) in [5.41, 5.74) is 1.06. The Hall–Kier alpha value is -2.02. The first-order chi connectivity index (χ1) is 11.4. The van der Waals surface area contributed by atoms with Crippen molar-refractivity contribution in [1.29, 1.82) is 0 Å². The fourth-order valence-corrected chi connectivity index (χ4v) is 4.73. The standard InChI is InChI=1S/C17H22N2O4S/c1-12(2)19-8-6-14-15(19)4-3-5-16(14)23-10-17(20)18-13-7-9-24(21,22)11-13/h3-6,8,12-13H,7,9-11H2,1-2H3,(H,18,20)/t13-/m0/s1. The molecule has 7 heteroatoms. The first kappa shape index (κ1) is 16.8. The van der Waals surface area contributed by atoms with Crippen LogP contribution in [-0.2, 0) is 14.6 Å². The minimum atomic E-state index is -3.00. The van der Waals surface area contributed by atoms with E-state index in [0.717, 1.165) is 10.9 Å². The lowest BCUT2D eigenvalue weighted by Crippen LogP contribution is -2.38. The highest BCUT2D eigenvalue weighted by atomic mass is 32.2. The fraction of sp³-hybridized carbons (Fsp3) is 0.471. The quantitative estimate of drug-likeness (QED) is 0.893. The molecule has 1 fully saturated rings. The number of carbonyl (C=O) groups is 1. The van der Waals surface area contributed by atoms with Crippen molar-refractivity contribution in [3.8, 4) is 5.75 Å².